The number of carbonyl (C=O) groups excluding carboxylic acids is 1. The molecule has 2 aromatic carbocycles. The first kappa shape index (κ1) is 14.0. The first-order valence-corrected chi connectivity index (χ1v) is 7.89. The summed E-state index contributed by atoms with van der Waals surface area (Å²) in [5.41, 5.74) is 1.26. The topological polar surface area (TPSA) is 50.5 Å². The summed E-state index contributed by atoms with van der Waals surface area (Å²) >= 11 is 0. The molecule has 23 heavy (non-hydrogen) atoms. The van der Waals surface area contributed by atoms with E-state index in [-0.39, 0.29) is 11.3 Å². The molecule has 0 spiro atoms. The van der Waals surface area contributed by atoms with Crippen LogP contribution in [-0.4, -0.2) is 18.9 Å². The van der Waals surface area contributed by atoms with Crippen LogP contribution >= 0.6 is 0 Å². The summed E-state index contributed by atoms with van der Waals surface area (Å²) in [6, 6.07) is 11.8. The van der Waals surface area contributed by atoms with Crippen molar-refractivity contribution < 1.29 is 9.21 Å². The van der Waals surface area contributed by atoms with Crippen LogP contribution in [0.4, 0.5) is 5.69 Å². The summed E-state index contributed by atoms with van der Waals surface area (Å²) in [5, 5.41) is 2.89. The minimum Gasteiger partial charge on any atom is -0.422 e. The maximum Gasteiger partial charge on any atom is 0.347 e. The maximum atomic E-state index is 11.9. The van der Waals surface area contributed by atoms with Gasteiger partial charge in [0.05, 0.1) is 0 Å². The summed E-state index contributed by atoms with van der Waals surface area (Å²) in [4.78, 5) is 25.8. The minimum absolute atomic E-state index is 0.102. The lowest BCUT2D eigenvalue weighted by Crippen LogP contribution is -2.17. The van der Waals surface area contributed by atoms with Gasteiger partial charge in [0.25, 0.3) is 0 Å². The molecule has 1 fully saturated rings. The lowest BCUT2D eigenvalue weighted by atomic mass is 10.0. The Morgan fingerprint density at radius 3 is 2.52 bits per heavy atom. The number of anilines is 1. The van der Waals surface area contributed by atoms with Crippen molar-refractivity contribution in [2.45, 2.75) is 19.8 Å². The van der Waals surface area contributed by atoms with Gasteiger partial charge in [0.1, 0.15) is 11.1 Å². The Hall–Kier alpha value is -2.62. The lowest BCUT2D eigenvalue weighted by Gasteiger charge is -2.18. The molecule has 4 nitrogen and oxygen atoms in total. The zero-order valence-corrected chi connectivity index (χ0v) is 13.0. The van der Waals surface area contributed by atoms with Crippen LogP contribution in [0.2, 0.25) is 0 Å². The van der Waals surface area contributed by atoms with Gasteiger partial charge >= 0.3 is 5.63 Å². The fourth-order valence-corrected chi connectivity index (χ4v) is 3.27. The van der Waals surface area contributed by atoms with E-state index in [9.17, 15) is 9.59 Å². The van der Waals surface area contributed by atoms with Gasteiger partial charge in [-0.2, -0.15) is 0 Å². The second-order valence-corrected chi connectivity index (χ2v) is 6.12. The van der Waals surface area contributed by atoms with Gasteiger partial charge in [0, 0.05) is 24.2 Å². The molecule has 2 heterocycles. The van der Waals surface area contributed by atoms with E-state index < -0.39 is 5.63 Å². The lowest BCUT2D eigenvalue weighted by molar-refractivity contribution is 0.101. The number of fused-ring (bicyclic) bond motifs is 2. The summed E-state index contributed by atoms with van der Waals surface area (Å²) in [7, 11) is 0. The van der Waals surface area contributed by atoms with E-state index >= 15 is 0 Å². The summed E-state index contributed by atoms with van der Waals surface area (Å²) in [6.45, 7) is 3.56. The molecular formula is C19H17NO3. The zero-order chi connectivity index (χ0) is 16.0. The van der Waals surface area contributed by atoms with Gasteiger partial charge in [-0.3, -0.25) is 4.79 Å². The van der Waals surface area contributed by atoms with Crippen LogP contribution in [0.25, 0.3) is 21.7 Å². The molecule has 0 radical (unpaired) electrons. The van der Waals surface area contributed by atoms with Crippen LogP contribution in [0.5, 0.6) is 0 Å². The van der Waals surface area contributed by atoms with E-state index in [1.165, 1.54) is 25.5 Å². The van der Waals surface area contributed by atoms with Crippen LogP contribution in [0, 0.1) is 0 Å². The second-order valence-electron chi connectivity index (χ2n) is 6.12. The first-order valence-electron chi connectivity index (χ1n) is 7.89. The van der Waals surface area contributed by atoms with Crippen molar-refractivity contribution in [1.29, 1.82) is 0 Å². The van der Waals surface area contributed by atoms with Crippen LogP contribution in [-0.2, 0) is 0 Å². The van der Waals surface area contributed by atoms with Gasteiger partial charge in [0.2, 0.25) is 0 Å². The van der Waals surface area contributed by atoms with Crippen molar-refractivity contribution in [3.05, 3.63) is 52.4 Å². The van der Waals surface area contributed by atoms with Gasteiger partial charge in [-0.1, -0.05) is 6.07 Å². The highest BCUT2D eigenvalue weighted by Gasteiger charge is 2.14. The van der Waals surface area contributed by atoms with Gasteiger partial charge in [-0.25, -0.2) is 4.79 Å². The smallest absolute Gasteiger partial charge is 0.347 e. The number of ketones is 1. The Bertz CT molecular complexity index is 981. The standard InChI is InChI=1S/C19H17NO3/c1-12(21)17-10-15-8-13-4-5-16(20-6-2-3-7-20)9-14(13)11-18(15)23-19(17)22/h4-5,8-11H,2-3,6-7H2,1H3. The molecule has 1 aromatic heterocycles. The Balaban J connectivity index is 1.90. The first-order chi connectivity index (χ1) is 11.1. The predicted molar refractivity (Wildman–Crippen MR) is 91.4 cm³/mol. The number of rotatable bonds is 2. The monoisotopic (exact) mass is 307 g/mol. The maximum absolute atomic E-state index is 11.9. The second kappa shape index (κ2) is 5.23. The molecule has 0 saturated carbocycles. The zero-order valence-electron chi connectivity index (χ0n) is 13.0. The van der Waals surface area contributed by atoms with Gasteiger partial charge in [-0.15, -0.1) is 0 Å². The molecule has 0 aliphatic carbocycles. The average Bonchev–Trinajstić information content (AvgIpc) is 3.06. The number of hydrogen-bond donors (Lipinski definition) is 0. The van der Waals surface area contributed by atoms with E-state index in [4.69, 9.17) is 4.42 Å². The van der Waals surface area contributed by atoms with E-state index in [2.05, 4.69) is 23.1 Å². The van der Waals surface area contributed by atoms with Crippen molar-refractivity contribution in [2.75, 3.05) is 18.0 Å². The molecular weight excluding hydrogens is 290 g/mol. The van der Waals surface area contributed by atoms with Crippen molar-refractivity contribution in [3.63, 3.8) is 0 Å². The quantitative estimate of drug-likeness (QED) is 0.411. The minimum atomic E-state index is -0.569. The highest BCUT2D eigenvalue weighted by molar-refractivity contribution is 6.01. The van der Waals surface area contributed by atoms with Gasteiger partial charge in [-0.05, 0) is 60.9 Å². The van der Waals surface area contributed by atoms with Crippen molar-refractivity contribution >= 4 is 33.2 Å². The molecule has 0 unspecified atom stereocenters. The number of hydrogen-bond acceptors (Lipinski definition) is 4. The van der Waals surface area contributed by atoms with Gasteiger partial charge in [0.15, 0.2) is 5.78 Å². The Morgan fingerprint density at radius 2 is 1.78 bits per heavy atom. The molecule has 1 aliphatic rings. The van der Waals surface area contributed by atoms with Crippen LogP contribution in [0.15, 0.2) is 45.6 Å². The molecule has 116 valence electrons. The highest BCUT2D eigenvalue weighted by atomic mass is 16.4. The van der Waals surface area contributed by atoms with Crippen molar-refractivity contribution in [2.24, 2.45) is 0 Å². The van der Waals surface area contributed by atoms with E-state index in [0.717, 1.165) is 29.2 Å². The van der Waals surface area contributed by atoms with Crippen molar-refractivity contribution in [1.82, 2.24) is 0 Å². The van der Waals surface area contributed by atoms with Crippen LogP contribution in [0.3, 0.4) is 0 Å². The third-order valence-corrected chi connectivity index (χ3v) is 4.53. The third-order valence-electron chi connectivity index (χ3n) is 4.53. The fourth-order valence-electron chi connectivity index (χ4n) is 3.27. The molecule has 0 bridgehead atoms. The van der Waals surface area contributed by atoms with E-state index in [1.807, 2.05) is 12.1 Å². The summed E-state index contributed by atoms with van der Waals surface area (Å²) < 4.78 is 5.34. The van der Waals surface area contributed by atoms with E-state index in [0.29, 0.717) is 5.58 Å². The number of carbonyl (C=O) groups is 1. The third kappa shape index (κ3) is 2.40. The molecule has 0 atom stereocenters. The highest BCUT2D eigenvalue weighted by Crippen LogP contribution is 2.28. The number of benzene rings is 2. The molecule has 1 aliphatic heterocycles. The molecule has 1 saturated heterocycles. The Morgan fingerprint density at radius 1 is 1.00 bits per heavy atom. The molecule has 4 rings (SSSR count). The molecule has 3 aromatic rings. The predicted octanol–water partition coefficient (Wildman–Crippen LogP) is 3.75. The number of nitrogens with zero attached hydrogens (tertiary/aromatic N) is 1. The van der Waals surface area contributed by atoms with Crippen LogP contribution in [0.1, 0.15) is 30.1 Å². The summed E-state index contributed by atoms with van der Waals surface area (Å²) in [6.07, 6.45) is 2.47. The molecule has 0 N–H and O–H groups in total. The Kier molecular flexibility index (Phi) is 3.18. The average molecular weight is 307 g/mol. The SMILES string of the molecule is CC(=O)c1cc2cc3ccc(N4CCCC4)cc3cc2oc1=O. The van der Waals surface area contributed by atoms with Crippen LogP contribution < -0.4 is 10.5 Å². The van der Waals surface area contributed by atoms with E-state index in [1.54, 1.807) is 6.07 Å². The molecule has 4 heteroatoms. The Labute approximate surface area is 133 Å². The molecule has 0 amide bonds. The normalized spacial score (nSPS) is 14.7. The number of Topliss-reactive ketones (excluding diaryl/α,β-unsaturated/α-hetero) is 1. The largest absolute Gasteiger partial charge is 0.422 e. The van der Waals surface area contributed by atoms with Gasteiger partial charge < -0.3 is 9.32 Å². The fraction of sp³-hybridized carbons (Fsp3) is 0.263. The van der Waals surface area contributed by atoms with Crippen molar-refractivity contribution in [3.8, 4) is 0 Å². The summed E-state index contributed by atoms with van der Waals surface area (Å²) in [5.74, 6) is -0.273.